The Labute approximate surface area is 126 Å². The van der Waals surface area contributed by atoms with Gasteiger partial charge in [-0.2, -0.15) is 4.68 Å². The van der Waals surface area contributed by atoms with Crippen LogP contribution in [0.1, 0.15) is 0 Å². The van der Waals surface area contributed by atoms with Crippen LogP contribution in [0.3, 0.4) is 0 Å². The smallest absolute Gasteiger partial charge is 0.269 e. The summed E-state index contributed by atoms with van der Waals surface area (Å²) in [5.41, 5.74) is 0.111. The van der Waals surface area contributed by atoms with Crippen LogP contribution in [0.5, 0.6) is 0 Å². The lowest BCUT2D eigenvalue weighted by Gasteiger charge is -2.33. The average Bonchev–Trinajstić information content (AvgIpc) is 2.52. The van der Waals surface area contributed by atoms with Gasteiger partial charge >= 0.3 is 0 Å². The molecular formula is C15H18FN4O2+. The quantitative estimate of drug-likeness (QED) is 0.768. The Balaban J connectivity index is 1.65. The molecule has 0 spiro atoms. The minimum absolute atomic E-state index is 0.213. The highest BCUT2D eigenvalue weighted by molar-refractivity contribution is 5.47. The lowest BCUT2D eigenvalue weighted by Crippen LogP contribution is -3.14. The number of hydrogen-bond donors (Lipinski definition) is 2. The van der Waals surface area contributed by atoms with Gasteiger partial charge in [-0.3, -0.25) is 14.7 Å². The molecule has 1 aliphatic heterocycles. The Morgan fingerprint density at radius 3 is 2.55 bits per heavy atom. The Morgan fingerprint density at radius 1 is 1.09 bits per heavy atom. The van der Waals surface area contributed by atoms with Gasteiger partial charge in [0, 0.05) is 12.1 Å². The van der Waals surface area contributed by atoms with E-state index in [1.54, 1.807) is 12.1 Å². The van der Waals surface area contributed by atoms with Crippen molar-refractivity contribution in [1.82, 2.24) is 9.78 Å². The first-order valence-corrected chi connectivity index (χ1v) is 7.27. The van der Waals surface area contributed by atoms with Crippen LogP contribution >= 0.6 is 0 Å². The summed E-state index contributed by atoms with van der Waals surface area (Å²) in [6, 6.07) is 9.24. The minimum Gasteiger partial charge on any atom is -0.358 e. The Kier molecular flexibility index (Phi) is 4.06. The van der Waals surface area contributed by atoms with E-state index in [0.717, 1.165) is 13.1 Å². The summed E-state index contributed by atoms with van der Waals surface area (Å²) in [4.78, 5) is 26.2. The fourth-order valence-corrected chi connectivity index (χ4v) is 2.73. The molecule has 0 unspecified atom stereocenters. The van der Waals surface area contributed by atoms with Crippen molar-refractivity contribution in [3.8, 4) is 0 Å². The summed E-state index contributed by atoms with van der Waals surface area (Å²) in [5, 5.41) is 2.53. The van der Waals surface area contributed by atoms with Gasteiger partial charge in [-0.05, 0) is 12.1 Å². The van der Waals surface area contributed by atoms with E-state index in [-0.39, 0.29) is 16.9 Å². The molecule has 7 heteroatoms. The third kappa shape index (κ3) is 3.09. The first kappa shape index (κ1) is 14.5. The fraction of sp³-hybridized carbons (Fsp3) is 0.333. The van der Waals surface area contributed by atoms with E-state index in [9.17, 15) is 14.0 Å². The van der Waals surface area contributed by atoms with Crippen molar-refractivity contribution in [2.75, 3.05) is 31.1 Å². The number of hydrogen-bond acceptors (Lipinski definition) is 3. The minimum atomic E-state index is -0.288. The maximum absolute atomic E-state index is 13.8. The molecule has 1 aliphatic rings. The molecule has 0 radical (unpaired) electrons. The zero-order valence-corrected chi connectivity index (χ0v) is 12.1. The van der Waals surface area contributed by atoms with Gasteiger partial charge in [-0.25, -0.2) is 4.39 Å². The van der Waals surface area contributed by atoms with Crippen LogP contribution < -0.4 is 20.9 Å². The first-order chi connectivity index (χ1) is 10.6. The molecule has 1 fully saturated rings. The summed E-state index contributed by atoms with van der Waals surface area (Å²) >= 11 is 0. The molecule has 116 valence electrons. The topological polar surface area (TPSA) is 62.5 Å². The fourth-order valence-electron chi connectivity index (χ4n) is 2.73. The SMILES string of the molecule is O=c1ccc(=O)n(C[NH+]2CCN(c3ccccc3F)CC2)[nH]1. The van der Waals surface area contributed by atoms with Gasteiger partial charge in [0.2, 0.25) is 0 Å². The predicted molar refractivity (Wildman–Crippen MR) is 80.6 cm³/mol. The van der Waals surface area contributed by atoms with Crippen LogP contribution in [-0.2, 0) is 6.67 Å². The predicted octanol–water partition coefficient (Wildman–Crippen LogP) is -0.962. The molecule has 1 saturated heterocycles. The zero-order chi connectivity index (χ0) is 15.5. The largest absolute Gasteiger partial charge is 0.358 e. The molecular weight excluding hydrogens is 287 g/mol. The first-order valence-electron chi connectivity index (χ1n) is 7.27. The maximum Gasteiger partial charge on any atom is 0.269 e. The molecule has 0 atom stereocenters. The number of quaternary nitrogens is 1. The number of nitrogens with zero attached hydrogens (tertiary/aromatic N) is 2. The van der Waals surface area contributed by atoms with E-state index in [1.807, 2.05) is 11.0 Å². The van der Waals surface area contributed by atoms with E-state index in [0.29, 0.717) is 25.4 Å². The van der Waals surface area contributed by atoms with Crippen molar-refractivity contribution in [2.45, 2.75) is 6.67 Å². The van der Waals surface area contributed by atoms with Crippen LogP contribution in [0.4, 0.5) is 10.1 Å². The maximum atomic E-state index is 13.8. The molecule has 0 aliphatic carbocycles. The van der Waals surface area contributed by atoms with Gasteiger partial charge in [-0.15, -0.1) is 0 Å². The van der Waals surface area contributed by atoms with E-state index >= 15 is 0 Å². The molecule has 6 nitrogen and oxygen atoms in total. The lowest BCUT2D eigenvalue weighted by atomic mass is 10.2. The Bertz CT molecular complexity index is 762. The number of benzene rings is 1. The molecule has 0 bridgehead atoms. The number of H-pyrrole nitrogens is 1. The number of aromatic amines is 1. The van der Waals surface area contributed by atoms with Crippen LogP contribution in [0.25, 0.3) is 0 Å². The van der Waals surface area contributed by atoms with Crippen molar-refractivity contribution < 1.29 is 9.29 Å². The van der Waals surface area contributed by atoms with Gasteiger partial charge in [0.25, 0.3) is 11.1 Å². The van der Waals surface area contributed by atoms with Gasteiger partial charge in [0.1, 0.15) is 5.82 Å². The number of nitrogens with one attached hydrogen (secondary N) is 2. The van der Waals surface area contributed by atoms with E-state index in [1.165, 1.54) is 27.8 Å². The van der Waals surface area contributed by atoms with E-state index < -0.39 is 0 Å². The van der Waals surface area contributed by atoms with Gasteiger partial charge < -0.3 is 9.80 Å². The van der Waals surface area contributed by atoms with Crippen molar-refractivity contribution in [2.24, 2.45) is 0 Å². The summed E-state index contributed by atoms with van der Waals surface area (Å²) in [5.74, 6) is -0.213. The average molecular weight is 305 g/mol. The number of halogens is 1. The number of para-hydroxylation sites is 1. The van der Waals surface area contributed by atoms with Crippen molar-refractivity contribution in [3.63, 3.8) is 0 Å². The second kappa shape index (κ2) is 6.15. The molecule has 22 heavy (non-hydrogen) atoms. The number of piperazine rings is 1. The second-order valence-corrected chi connectivity index (χ2v) is 5.42. The third-order valence-electron chi connectivity index (χ3n) is 3.93. The second-order valence-electron chi connectivity index (χ2n) is 5.42. The highest BCUT2D eigenvalue weighted by Gasteiger charge is 2.22. The standard InChI is InChI=1S/C15H17FN4O2/c16-12-3-1-2-4-13(12)19-9-7-18(8-10-19)11-20-15(22)6-5-14(21)17-20/h1-6H,7-11H2,(H,17,21)/p+1. The Hall–Kier alpha value is -2.41. The number of aromatic nitrogens is 2. The molecule has 0 saturated carbocycles. The van der Waals surface area contributed by atoms with E-state index in [2.05, 4.69) is 5.10 Å². The van der Waals surface area contributed by atoms with Gasteiger partial charge in [-0.1, -0.05) is 12.1 Å². The summed E-state index contributed by atoms with van der Waals surface area (Å²) < 4.78 is 15.1. The number of rotatable bonds is 3. The molecule has 2 heterocycles. The van der Waals surface area contributed by atoms with Crippen LogP contribution in [0, 0.1) is 5.82 Å². The normalized spacial score (nSPS) is 16.0. The molecule has 1 aromatic carbocycles. The third-order valence-corrected chi connectivity index (χ3v) is 3.93. The molecule has 3 rings (SSSR count). The molecule has 2 aromatic rings. The van der Waals surface area contributed by atoms with Crippen LogP contribution in [0.15, 0.2) is 46.0 Å². The van der Waals surface area contributed by atoms with Crippen molar-refractivity contribution in [3.05, 3.63) is 62.9 Å². The van der Waals surface area contributed by atoms with Gasteiger partial charge in [0.05, 0.1) is 31.9 Å². The lowest BCUT2D eigenvalue weighted by molar-refractivity contribution is -0.924. The zero-order valence-electron chi connectivity index (χ0n) is 12.1. The summed E-state index contributed by atoms with van der Waals surface area (Å²) in [6.45, 7) is 3.39. The number of anilines is 1. The van der Waals surface area contributed by atoms with Crippen molar-refractivity contribution in [1.29, 1.82) is 0 Å². The van der Waals surface area contributed by atoms with Crippen molar-refractivity contribution >= 4 is 5.69 Å². The summed E-state index contributed by atoms with van der Waals surface area (Å²) in [6.07, 6.45) is 0. The van der Waals surface area contributed by atoms with E-state index in [4.69, 9.17) is 0 Å². The van der Waals surface area contributed by atoms with Gasteiger partial charge in [0.15, 0.2) is 6.67 Å². The monoisotopic (exact) mass is 305 g/mol. The van der Waals surface area contributed by atoms with Crippen LogP contribution in [0.2, 0.25) is 0 Å². The highest BCUT2D eigenvalue weighted by atomic mass is 19.1. The molecule has 0 amide bonds. The molecule has 2 N–H and O–H groups in total. The Morgan fingerprint density at radius 2 is 1.82 bits per heavy atom. The molecule has 1 aromatic heterocycles. The summed E-state index contributed by atoms with van der Waals surface area (Å²) in [7, 11) is 0. The highest BCUT2D eigenvalue weighted by Crippen LogP contribution is 2.17. The van der Waals surface area contributed by atoms with Crippen LogP contribution in [-0.4, -0.2) is 36.0 Å².